The number of carbonyl (C=O) groups is 3. The van der Waals surface area contributed by atoms with Gasteiger partial charge in [0, 0.05) is 38.8 Å². The molecule has 1 N–H and O–H groups in total. The lowest BCUT2D eigenvalue weighted by atomic mass is 9.85. The van der Waals surface area contributed by atoms with Crippen LogP contribution in [0.5, 0.6) is 0 Å². The van der Waals surface area contributed by atoms with Crippen LogP contribution in [0.1, 0.15) is 46.4 Å². The van der Waals surface area contributed by atoms with Crippen molar-refractivity contribution in [2.45, 2.75) is 31.7 Å². The van der Waals surface area contributed by atoms with Crippen molar-refractivity contribution in [3.63, 3.8) is 0 Å². The molecule has 2 aliphatic rings. The summed E-state index contributed by atoms with van der Waals surface area (Å²) in [7, 11) is 5.09. The Labute approximate surface area is 141 Å². The summed E-state index contributed by atoms with van der Waals surface area (Å²) in [5.41, 5.74) is 1.65. The lowest BCUT2D eigenvalue weighted by molar-refractivity contribution is -0.133. The number of hydrogen-bond donors (Lipinski definition) is 1. The number of nitrogens with zero attached hydrogens (tertiary/aromatic N) is 2. The molecule has 0 radical (unpaired) electrons. The van der Waals surface area contributed by atoms with Gasteiger partial charge < -0.3 is 10.2 Å². The molecule has 0 atom stereocenters. The van der Waals surface area contributed by atoms with E-state index in [-0.39, 0.29) is 29.7 Å². The smallest absolute Gasteiger partial charge is 0.263 e. The Morgan fingerprint density at radius 2 is 1.79 bits per heavy atom. The molecular weight excluding hydrogens is 306 g/mol. The second-order valence-corrected chi connectivity index (χ2v) is 6.82. The molecule has 3 rings (SSSR count). The van der Waals surface area contributed by atoms with Crippen LogP contribution in [0, 0.1) is 5.92 Å². The maximum absolute atomic E-state index is 12.3. The van der Waals surface area contributed by atoms with Gasteiger partial charge in [-0.15, -0.1) is 0 Å². The summed E-state index contributed by atoms with van der Waals surface area (Å²) >= 11 is 0. The number of anilines is 1. The van der Waals surface area contributed by atoms with E-state index < -0.39 is 0 Å². The van der Waals surface area contributed by atoms with Crippen LogP contribution in [0.15, 0.2) is 18.2 Å². The van der Waals surface area contributed by atoms with Gasteiger partial charge in [0.15, 0.2) is 0 Å². The van der Waals surface area contributed by atoms with E-state index in [1.807, 2.05) is 6.07 Å². The summed E-state index contributed by atoms with van der Waals surface area (Å²) < 4.78 is 0. The maximum Gasteiger partial charge on any atom is 0.263 e. The van der Waals surface area contributed by atoms with Crippen molar-refractivity contribution in [2.24, 2.45) is 5.92 Å². The average Bonchev–Trinajstić information content (AvgIpc) is 2.80. The molecular formula is C18H23N3O3. The molecule has 128 valence electrons. The van der Waals surface area contributed by atoms with Gasteiger partial charge in [-0.2, -0.15) is 0 Å². The van der Waals surface area contributed by atoms with Crippen molar-refractivity contribution in [3.8, 4) is 0 Å². The molecule has 0 spiro atoms. The third-order valence-electron chi connectivity index (χ3n) is 4.99. The predicted molar refractivity (Wildman–Crippen MR) is 90.9 cm³/mol. The summed E-state index contributed by atoms with van der Waals surface area (Å²) in [6.45, 7) is 0. The SMILES string of the molecule is CN(C)C(=O)C1CCC(Nc2cccc3c2C(=O)N(C)C3=O)CC1. The lowest BCUT2D eigenvalue weighted by Gasteiger charge is -2.30. The van der Waals surface area contributed by atoms with E-state index in [0.717, 1.165) is 36.3 Å². The Hall–Kier alpha value is -2.37. The zero-order valence-electron chi connectivity index (χ0n) is 14.3. The fourth-order valence-corrected chi connectivity index (χ4v) is 3.59. The van der Waals surface area contributed by atoms with Crippen molar-refractivity contribution in [2.75, 3.05) is 26.5 Å². The van der Waals surface area contributed by atoms with E-state index in [1.165, 1.54) is 7.05 Å². The maximum atomic E-state index is 12.3. The summed E-state index contributed by atoms with van der Waals surface area (Å²) in [4.78, 5) is 39.2. The Morgan fingerprint density at radius 1 is 1.12 bits per heavy atom. The van der Waals surface area contributed by atoms with Crippen LogP contribution in [0.3, 0.4) is 0 Å². The first-order valence-corrected chi connectivity index (χ1v) is 8.33. The number of nitrogens with one attached hydrogen (secondary N) is 1. The molecule has 1 aliphatic heterocycles. The minimum Gasteiger partial charge on any atom is -0.382 e. The summed E-state index contributed by atoms with van der Waals surface area (Å²) in [6, 6.07) is 5.56. The van der Waals surface area contributed by atoms with Crippen LogP contribution in [-0.4, -0.2) is 54.7 Å². The van der Waals surface area contributed by atoms with Gasteiger partial charge in [-0.05, 0) is 37.8 Å². The Balaban J connectivity index is 1.70. The van der Waals surface area contributed by atoms with Crippen molar-refractivity contribution < 1.29 is 14.4 Å². The molecule has 1 aromatic carbocycles. The average molecular weight is 329 g/mol. The molecule has 1 saturated carbocycles. The predicted octanol–water partition coefficient (Wildman–Crippen LogP) is 1.97. The fourth-order valence-electron chi connectivity index (χ4n) is 3.59. The van der Waals surface area contributed by atoms with Gasteiger partial charge >= 0.3 is 0 Å². The number of amides is 3. The van der Waals surface area contributed by atoms with Crippen molar-refractivity contribution in [3.05, 3.63) is 29.3 Å². The van der Waals surface area contributed by atoms with Crippen molar-refractivity contribution in [1.82, 2.24) is 9.80 Å². The Morgan fingerprint density at radius 3 is 2.42 bits per heavy atom. The number of benzene rings is 1. The largest absolute Gasteiger partial charge is 0.382 e. The van der Waals surface area contributed by atoms with E-state index in [4.69, 9.17) is 0 Å². The second kappa shape index (κ2) is 6.26. The molecule has 0 unspecified atom stereocenters. The normalized spacial score (nSPS) is 23.2. The molecule has 3 amide bonds. The minimum atomic E-state index is -0.255. The third kappa shape index (κ3) is 2.77. The standard InChI is InChI=1S/C18H23N3O3/c1-20(2)16(22)11-7-9-12(10-8-11)19-14-6-4-5-13-15(14)18(24)21(3)17(13)23/h4-6,11-12,19H,7-10H2,1-3H3. The number of carbonyl (C=O) groups excluding carboxylic acids is 3. The van der Waals surface area contributed by atoms with Gasteiger partial charge in [0.25, 0.3) is 11.8 Å². The first-order chi connectivity index (χ1) is 11.4. The second-order valence-electron chi connectivity index (χ2n) is 6.82. The first-order valence-electron chi connectivity index (χ1n) is 8.33. The Kier molecular flexibility index (Phi) is 4.30. The first kappa shape index (κ1) is 16.5. The molecule has 1 fully saturated rings. The number of hydrogen-bond acceptors (Lipinski definition) is 4. The quantitative estimate of drug-likeness (QED) is 0.861. The molecule has 6 nitrogen and oxygen atoms in total. The number of rotatable bonds is 3. The summed E-state index contributed by atoms with van der Waals surface area (Å²) in [5, 5.41) is 3.42. The highest BCUT2D eigenvalue weighted by molar-refractivity contribution is 6.23. The van der Waals surface area contributed by atoms with Gasteiger partial charge in [0.2, 0.25) is 5.91 Å². The van der Waals surface area contributed by atoms with Gasteiger partial charge in [-0.25, -0.2) is 0 Å². The van der Waals surface area contributed by atoms with Gasteiger partial charge in [-0.1, -0.05) is 6.07 Å². The molecule has 1 heterocycles. The van der Waals surface area contributed by atoms with Crippen molar-refractivity contribution in [1.29, 1.82) is 0 Å². The van der Waals surface area contributed by atoms with Crippen LogP contribution < -0.4 is 5.32 Å². The summed E-state index contributed by atoms with van der Waals surface area (Å²) in [5.74, 6) is -0.223. The lowest BCUT2D eigenvalue weighted by Crippen LogP contribution is -2.35. The molecule has 0 bridgehead atoms. The van der Waals surface area contributed by atoms with E-state index in [1.54, 1.807) is 31.1 Å². The van der Waals surface area contributed by atoms with Crippen LogP contribution in [0.2, 0.25) is 0 Å². The van der Waals surface area contributed by atoms with Crippen LogP contribution in [0.25, 0.3) is 0 Å². The molecule has 24 heavy (non-hydrogen) atoms. The van der Waals surface area contributed by atoms with Crippen LogP contribution in [0.4, 0.5) is 5.69 Å². The molecule has 6 heteroatoms. The topological polar surface area (TPSA) is 69.7 Å². The number of fused-ring (bicyclic) bond motifs is 1. The minimum absolute atomic E-state index is 0.0916. The highest BCUT2D eigenvalue weighted by Gasteiger charge is 2.35. The highest BCUT2D eigenvalue weighted by atomic mass is 16.2. The van der Waals surface area contributed by atoms with E-state index >= 15 is 0 Å². The summed E-state index contributed by atoms with van der Waals surface area (Å²) in [6.07, 6.45) is 3.45. The highest BCUT2D eigenvalue weighted by Crippen LogP contribution is 2.32. The van der Waals surface area contributed by atoms with E-state index in [9.17, 15) is 14.4 Å². The molecule has 0 saturated heterocycles. The van der Waals surface area contributed by atoms with Gasteiger partial charge in [-0.3, -0.25) is 19.3 Å². The third-order valence-corrected chi connectivity index (χ3v) is 4.99. The zero-order chi connectivity index (χ0) is 17.4. The van der Waals surface area contributed by atoms with Gasteiger partial charge in [0.05, 0.1) is 11.1 Å². The van der Waals surface area contributed by atoms with Crippen LogP contribution in [-0.2, 0) is 4.79 Å². The van der Waals surface area contributed by atoms with Crippen molar-refractivity contribution >= 4 is 23.4 Å². The molecule has 1 aromatic rings. The Bertz CT molecular complexity index is 691. The molecule has 1 aliphatic carbocycles. The van der Waals surface area contributed by atoms with E-state index in [0.29, 0.717) is 11.1 Å². The fraction of sp³-hybridized carbons (Fsp3) is 0.500. The monoisotopic (exact) mass is 329 g/mol. The molecule has 0 aromatic heterocycles. The van der Waals surface area contributed by atoms with Crippen LogP contribution >= 0.6 is 0 Å². The van der Waals surface area contributed by atoms with E-state index in [2.05, 4.69) is 5.32 Å². The zero-order valence-corrected chi connectivity index (χ0v) is 14.3. The number of imide groups is 1. The van der Waals surface area contributed by atoms with Gasteiger partial charge in [0.1, 0.15) is 0 Å².